The van der Waals surface area contributed by atoms with E-state index >= 15 is 0 Å². The van der Waals surface area contributed by atoms with Crippen LogP contribution < -0.4 is 4.90 Å². The molecule has 0 fully saturated rings. The summed E-state index contributed by atoms with van der Waals surface area (Å²) in [5.74, 6) is 0. The molecule has 0 saturated heterocycles. The predicted molar refractivity (Wildman–Crippen MR) is 218 cm³/mol. The van der Waals surface area contributed by atoms with Gasteiger partial charge in [0.1, 0.15) is 11.2 Å². The summed E-state index contributed by atoms with van der Waals surface area (Å²) in [5.41, 5.74) is 19.8. The molecule has 2 aliphatic carbocycles. The van der Waals surface area contributed by atoms with Gasteiger partial charge in [0.15, 0.2) is 0 Å². The number of hydrogen-bond acceptors (Lipinski definition) is 2. The van der Waals surface area contributed by atoms with Crippen LogP contribution in [0.2, 0.25) is 0 Å². The lowest BCUT2D eigenvalue weighted by Gasteiger charge is -2.37. The number of para-hydroxylation sites is 1. The van der Waals surface area contributed by atoms with E-state index in [2.05, 4.69) is 157 Å². The molecule has 2 heteroatoms. The van der Waals surface area contributed by atoms with Gasteiger partial charge in [0.25, 0.3) is 0 Å². The highest BCUT2D eigenvalue weighted by Crippen LogP contribution is 2.50. The molecule has 0 radical (unpaired) electrons. The smallest absolute Gasteiger partial charge is 0.135 e. The topological polar surface area (TPSA) is 16.4 Å². The van der Waals surface area contributed by atoms with Gasteiger partial charge >= 0.3 is 0 Å². The maximum absolute atomic E-state index is 6.28. The molecule has 0 atom stereocenters. The number of fused-ring (bicyclic) bond motifs is 5. The molecule has 10 rings (SSSR count). The Kier molecular flexibility index (Phi) is 7.75. The normalized spacial score (nSPS) is 13.9. The maximum atomic E-state index is 6.28. The third-order valence-corrected chi connectivity index (χ3v) is 11.5. The zero-order valence-electron chi connectivity index (χ0n) is 29.4. The first-order chi connectivity index (χ1) is 25.8. The van der Waals surface area contributed by atoms with Crippen LogP contribution in [0.15, 0.2) is 156 Å². The summed E-state index contributed by atoms with van der Waals surface area (Å²) >= 11 is 0. The SMILES string of the molecule is c1ccc(-c2ccc(N(c3ccc(-c4ccccc4)cc3)c3c4c(c(-c5ccc6oc7ccccc7c6c5)c5c3CCCC5)CCCC4)cc2)cc1. The van der Waals surface area contributed by atoms with Crippen molar-refractivity contribution in [3.05, 3.63) is 174 Å². The van der Waals surface area contributed by atoms with Crippen LogP contribution in [0.5, 0.6) is 0 Å². The van der Waals surface area contributed by atoms with Gasteiger partial charge in [-0.05, 0) is 149 Å². The minimum atomic E-state index is 0.960. The highest BCUT2D eigenvalue weighted by molar-refractivity contribution is 6.06. The summed E-state index contributed by atoms with van der Waals surface area (Å²) in [6.07, 6.45) is 9.32. The van der Waals surface area contributed by atoms with Gasteiger partial charge in [0.05, 0.1) is 5.69 Å². The molecular weight excluding hydrogens is 631 g/mol. The van der Waals surface area contributed by atoms with E-state index in [0.717, 1.165) is 36.8 Å². The van der Waals surface area contributed by atoms with Crippen molar-refractivity contribution >= 4 is 39.0 Å². The van der Waals surface area contributed by atoms with Crippen molar-refractivity contribution < 1.29 is 4.42 Å². The van der Waals surface area contributed by atoms with Gasteiger partial charge in [0, 0.05) is 22.1 Å². The fraction of sp³-hybridized carbons (Fsp3) is 0.160. The Hall–Kier alpha value is -5.86. The maximum Gasteiger partial charge on any atom is 0.135 e. The van der Waals surface area contributed by atoms with E-state index in [1.807, 2.05) is 0 Å². The molecule has 0 amide bonds. The molecule has 0 bridgehead atoms. The van der Waals surface area contributed by atoms with E-state index in [9.17, 15) is 0 Å². The van der Waals surface area contributed by atoms with Crippen LogP contribution in [0, 0.1) is 0 Å². The Morgan fingerprint density at radius 3 is 1.37 bits per heavy atom. The second-order valence-electron chi connectivity index (χ2n) is 14.5. The molecule has 0 aliphatic heterocycles. The van der Waals surface area contributed by atoms with Gasteiger partial charge < -0.3 is 9.32 Å². The standard InChI is InChI=1S/C50H41NO/c1-3-13-34(14-4-1)36-23-28-39(29-24-36)51(40-30-25-37(26-31-40)35-15-5-2-6-16-35)50-44-20-9-7-18-42(44)49(43-19-8-10-21-45(43)50)38-27-32-48-46(33-38)41-17-11-12-22-47(41)52-48/h1-6,11-17,22-33H,7-10,18-21H2. The van der Waals surface area contributed by atoms with Gasteiger partial charge in [-0.25, -0.2) is 0 Å². The summed E-state index contributed by atoms with van der Waals surface area (Å²) in [6.45, 7) is 0. The molecule has 2 aliphatic rings. The molecule has 7 aromatic carbocycles. The van der Waals surface area contributed by atoms with Gasteiger partial charge in [-0.15, -0.1) is 0 Å². The Morgan fingerprint density at radius 2 is 0.808 bits per heavy atom. The highest BCUT2D eigenvalue weighted by atomic mass is 16.3. The number of furan rings is 1. The van der Waals surface area contributed by atoms with Crippen LogP contribution in [-0.2, 0) is 25.7 Å². The highest BCUT2D eigenvalue weighted by Gasteiger charge is 2.31. The third-order valence-electron chi connectivity index (χ3n) is 11.5. The Bertz CT molecular complexity index is 2420. The van der Waals surface area contributed by atoms with Gasteiger partial charge in [-0.3, -0.25) is 0 Å². The van der Waals surface area contributed by atoms with Gasteiger partial charge in [-0.2, -0.15) is 0 Å². The minimum Gasteiger partial charge on any atom is -0.456 e. The van der Waals surface area contributed by atoms with E-state index < -0.39 is 0 Å². The summed E-state index contributed by atoms with van der Waals surface area (Å²) in [5, 5.41) is 2.41. The van der Waals surface area contributed by atoms with Crippen LogP contribution in [0.4, 0.5) is 17.1 Å². The average Bonchev–Trinajstić information content (AvgIpc) is 3.60. The Labute approximate surface area is 306 Å². The zero-order valence-corrected chi connectivity index (χ0v) is 29.4. The van der Waals surface area contributed by atoms with Crippen LogP contribution >= 0.6 is 0 Å². The van der Waals surface area contributed by atoms with E-state index in [4.69, 9.17) is 4.42 Å². The van der Waals surface area contributed by atoms with Crippen molar-refractivity contribution in [2.45, 2.75) is 51.4 Å². The van der Waals surface area contributed by atoms with Crippen LogP contribution in [0.25, 0.3) is 55.3 Å². The summed E-state index contributed by atoms with van der Waals surface area (Å²) in [7, 11) is 0. The second-order valence-corrected chi connectivity index (χ2v) is 14.5. The largest absolute Gasteiger partial charge is 0.456 e. The monoisotopic (exact) mass is 671 g/mol. The predicted octanol–water partition coefficient (Wildman–Crippen LogP) is 13.8. The molecule has 0 unspecified atom stereocenters. The van der Waals surface area contributed by atoms with Crippen molar-refractivity contribution in [3.8, 4) is 33.4 Å². The van der Waals surface area contributed by atoms with Crippen LogP contribution in [0.1, 0.15) is 47.9 Å². The van der Waals surface area contributed by atoms with Gasteiger partial charge in [0.2, 0.25) is 0 Å². The lowest BCUT2D eigenvalue weighted by Crippen LogP contribution is -2.21. The average molecular weight is 672 g/mol. The molecule has 2 nitrogen and oxygen atoms in total. The van der Waals surface area contributed by atoms with Crippen LogP contribution in [0.3, 0.4) is 0 Å². The summed E-state index contributed by atoms with van der Waals surface area (Å²) < 4.78 is 6.28. The first-order valence-electron chi connectivity index (χ1n) is 19.0. The molecule has 1 aromatic heterocycles. The quantitative estimate of drug-likeness (QED) is 0.175. The molecule has 8 aromatic rings. The summed E-state index contributed by atoms with van der Waals surface area (Å²) in [6, 6.07) is 55.4. The van der Waals surface area contributed by atoms with E-state index in [1.54, 1.807) is 22.3 Å². The fourth-order valence-corrected chi connectivity index (χ4v) is 9.02. The Balaban J connectivity index is 1.19. The second kappa shape index (κ2) is 13.0. The minimum absolute atomic E-state index is 0.960. The first-order valence-corrected chi connectivity index (χ1v) is 19.0. The molecule has 0 spiro atoms. The van der Waals surface area contributed by atoms with Crippen molar-refractivity contribution in [2.24, 2.45) is 0 Å². The van der Waals surface area contributed by atoms with Crippen molar-refractivity contribution in [1.29, 1.82) is 0 Å². The number of hydrogen-bond donors (Lipinski definition) is 0. The number of rotatable bonds is 6. The summed E-state index contributed by atoms with van der Waals surface area (Å²) in [4.78, 5) is 2.61. The fourth-order valence-electron chi connectivity index (χ4n) is 9.02. The number of nitrogens with zero attached hydrogens (tertiary/aromatic N) is 1. The lowest BCUT2D eigenvalue weighted by atomic mass is 9.75. The molecule has 52 heavy (non-hydrogen) atoms. The van der Waals surface area contributed by atoms with Gasteiger partial charge in [-0.1, -0.05) is 109 Å². The van der Waals surface area contributed by atoms with E-state index in [1.165, 1.54) is 86.9 Å². The molecule has 0 N–H and O–H groups in total. The van der Waals surface area contributed by atoms with E-state index in [0.29, 0.717) is 0 Å². The molecular formula is C50H41NO. The Morgan fingerprint density at radius 1 is 0.365 bits per heavy atom. The molecule has 0 saturated carbocycles. The van der Waals surface area contributed by atoms with E-state index in [-0.39, 0.29) is 0 Å². The molecule has 252 valence electrons. The van der Waals surface area contributed by atoms with Crippen molar-refractivity contribution in [3.63, 3.8) is 0 Å². The third kappa shape index (κ3) is 5.33. The number of anilines is 3. The van der Waals surface area contributed by atoms with Crippen molar-refractivity contribution in [1.82, 2.24) is 0 Å². The lowest BCUT2D eigenvalue weighted by molar-refractivity contribution is 0.661. The first kappa shape index (κ1) is 30.9. The number of benzene rings is 7. The van der Waals surface area contributed by atoms with Crippen molar-refractivity contribution in [2.75, 3.05) is 4.90 Å². The molecule has 1 heterocycles. The van der Waals surface area contributed by atoms with Crippen LogP contribution in [-0.4, -0.2) is 0 Å². The zero-order chi connectivity index (χ0) is 34.4.